The Bertz CT molecular complexity index is 705. The van der Waals surface area contributed by atoms with Gasteiger partial charge in [-0.2, -0.15) is 0 Å². The zero-order valence-electron chi connectivity index (χ0n) is 11.2. The minimum absolute atomic E-state index is 0.134. The van der Waals surface area contributed by atoms with Crippen molar-refractivity contribution in [2.75, 3.05) is 11.9 Å². The SMILES string of the molecule is O=C(CNC(=O)c1ccc(Cl)c(Cl)c1)Nc1ccc(I)cc1. The van der Waals surface area contributed by atoms with Crippen molar-refractivity contribution in [1.82, 2.24) is 5.32 Å². The number of carbonyl (C=O) groups excluding carboxylic acids is 2. The van der Waals surface area contributed by atoms with Crippen LogP contribution in [-0.2, 0) is 4.79 Å². The Morgan fingerprint density at radius 2 is 1.68 bits per heavy atom. The van der Waals surface area contributed by atoms with Gasteiger partial charge in [-0.05, 0) is 65.1 Å². The first kappa shape index (κ1) is 17.1. The Balaban J connectivity index is 1.88. The van der Waals surface area contributed by atoms with Crippen molar-refractivity contribution < 1.29 is 9.59 Å². The van der Waals surface area contributed by atoms with Gasteiger partial charge in [0.1, 0.15) is 0 Å². The predicted molar refractivity (Wildman–Crippen MR) is 96.6 cm³/mol. The van der Waals surface area contributed by atoms with Gasteiger partial charge in [0, 0.05) is 14.8 Å². The van der Waals surface area contributed by atoms with Gasteiger partial charge in [-0.1, -0.05) is 23.2 Å². The highest BCUT2D eigenvalue weighted by molar-refractivity contribution is 14.1. The second-order valence-corrected chi connectivity index (χ2v) is 6.43. The number of anilines is 1. The fourth-order valence-corrected chi connectivity index (χ4v) is 2.30. The first-order valence-corrected chi connectivity index (χ1v) is 8.08. The normalized spacial score (nSPS) is 10.1. The second kappa shape index (κ2) is 7.80. The van der Waals surface area contributed by atoms with Crippen LogP contribution in [0.15, 0.2) is 42.5 Å². The van der Waals surface area contributed by atoms with E-state index >= 15 is 0 Å². The van der Waals surface area contributed by atoms with Crippen molar-refractivity contribution >= 4 is 63.3 Å². The summed E-state index contributed by atoms with van der Waals surface area (Å²) in [5.74, 6) is -0.703. The van der Waals surface area contributed by atoms with Gasteiger partial charge in [0.15, 0.2) is 0 Å². The Kier molecular flexibility index (Phi) is 6.05. The third-order valence-corrected chi connectivity index (χ3v) is 4.18. The molecular formula is C15H11Cl2IN2O2. The molecule has 7 heteroatoms. The van der Waals surface area contributed by atoms with Crippen LogP contribution in [0.3, 0.4) is 0 Å². The number of carbonyl (C=O) groups is 2. The van der Waals surface area contributed by atoms with Crippen molar-refractivity contribution in [3.63, 3.8) is 0 Å². The van der Waals surface area contributed by atoms with Gasteiger partial charge in [-0.25, -0.2) is 0 Å². The van der Waals surface area contributed by atoms with Crippen LogP contribution in [-0.4, -0.2) is 18.4 Å². The summed E-state index contributed by atoms with van der Waals surface area (Å²) in [4.78, 5) is 23.7. The molecule has 0 aromatic heterocycles. The van der Waals surface area contributed by atoms with E-state index in [-0.39, 0.29) is 17.5 Å². The van der Waals surface area contributed by atoms with Crippen molar-refractivity contribution in [3.8, 4) is 0 Å². The molecule has 0 fully saturated rings. The topological polar surface area (TPSA) is 58.2 Å². The molecule has 0 aliphatic carbocycles. The molecule has 0 saturated carbocycles. The van der Waals surface area contributed by atoms with Crippen molar-refractivity contribution in [1.29, 1.82) is 0 Å². The highest BCUT2D eigenvalue weighted by Gasteiger charge is 2.10. The molecule has 2 aromatic rings. The van der Waals surface area contributed by atoms with Crippen LogP contribution < -0.4 is 10.6 Å². The quantitative estimate of drug-likeness (QED) is 0.695. The first-order valence-electron chi connectivity index (χ1n) is 6.24. The summed E-state index contributed by atoms with van der Waals surface area (Å²) < 4.78 is 1.07. The van der Waals surface area contributed by atoms with Gasteiger partial charge in [0.2, 0.25) is 5.91 Å². The smallest absolute Gasteiger partial charge is 0.251 e. The zero-order valence-corrected chi connectivity index (χ0v) is 14.9. The summed E-state index contributed by atoms with van der Waals surface area (Å²) in [6.07, 6.45) is 0. The van der Waals surface area contributed by atoms with E-state index in [9.17, 15) is 9.59 Å². The third kappa shape index (κ3) is 4.86. The Morgan fingerprint density at radius 1 is 1.00 bits per heavy atom. The van der Waals surface area contributed by atoms with Crippen LogP contribution in [0.25, 0.3) is 0 Å². The zero-order chi connectivity index (χ0) is 16.1. The lowest BCUT2D eigenvalue weighted by Crippen LogP contribution is -2.32. The molecule has 0 spiro atoms. The number of hydrogen-bond acceptors (Lipinski definition) is 2. The summed E-state index contributed by atoms with van der Waals surface area (Å²) in [5.41, 5.74) is 1.02. The van der Waals surface area contributed by atoms with Crippen LogP contribution in [0.5, 0.6) is 0 Å². The molecule has 0 aliphatic rings. The lowest BCUT2D eigenvalue weighted by molar-refractivity contribution is -0.115. The van der Waals surface area contributed by atoms with E-state index in [2.05, 4.69) is 33.2 Å². The first-order chi connectivity index (χ1) is 10.5. The number of rotatable bonds is 4. The lowest BCUT2D eigenvalue weighted by Gasteiger charge is -2.07. The van der Waals surface area contributed by atoms with E-state index in [1.165, 1.54) is 12.1 Å². The van der Waals surface area contributed by atoms with Crippen molar-refractivity contribution in [2.45, 2.75) is 0 Å². The molecule has 2 rings (SSSR count). The van der Waals surface area contributed by atoms with Gasteiger partial charge in [0.25, 0.3) is 5.91 Å². The molecule has 2 N–H and O–H groups in total. The summed E-state index contributed by atoms with van der Waals surface area (Å²) in [6, 6.07) is 11.9. The largest absolute Gasteiger partial charge is 0.343 e. The molecule has 0 radical (unpaired) electrons. The van der Waals surface area contributed by atoms with Gasteiger partial charge >= 0.3 is 0 Å². The minimum Gasteiger partial charge on any atom is -0.343 e. The molecule has 22 heavy (non-hydrogen) atoms. The molecule has 2 aromatic carbocycles. The number of amides is 2. The van der Waals surface area contributed by atoms with E-state index in [4.69, 9.17) is 23.2 Å². The molecule has 0 aliphatic heterocycles. The highest BCUT2D eigenvalue weighted by Crippen LogP contribution is 2.22. The predicted octanol–water partition coefficient (Wildman–Crippen LogP) is 3.97. The van der Waals surface area contributed by atoms with Gasteiger partial charge in [-0.15, -0.1) is 0 Å². The fourth-order valence-electron chi connectivity index (χ4n) is 1.64. The van der Waals surface area contributed by atoms with Gasteiger partial charge in [-0.3, -0.25) is 9.59 Å². The highest BCUT2D eigenvalue weighted by atomic mass is 127. The molecule has 0 saturated heterocycles. The van der Waals surface area contributed by atoms with E-state index < -0.39 is 5.91 Å². The summed E-state index contributed by atoms with van der Waals surface area (Å²) >= 11 is 13.8. The molecule has 0 heterocycles. The van der Waals surface area contributed by atoms with Crippen molar-refractivity contribution in [2.24, 2.45) is 0 Å². The Morgan fingerprint density at radius 3 is 2.32 bits per heavy atom. The molecule has 114 valence electrons. The number of hydrogen-bond donors (Lipinski definition) is 2. The maximum atomic E-state index is 11.9. The van der Waals surface area contributed by atoms with E-state index in [0.29, 0.717) is 16.3 Å². The standard InChI is InChI=1S/C15H11Cl2IN2O2/c16-12-6-1-9(7-13(12)17)15(22)19-8-14(21)20-11-4-2-10(18)3-5-11/h1-7H,8H2,(H,19,22)(H,20,21). The molecule has 4 nitrogen and oxygen atoms in total. The Labute approximate surface area is 151 Å². The van der Waals surface area contributed by atoms with Crippen LogP contribution in [0, 0.1) is 3.57 Å². The maximum absolute atomic E-state index is 11.9. The molecule has 2 amide bonds. The number of nitrogens with one attached hydrogen (secondary N) is 2. The monoisotopic (exact) mass is 448 g/mol. The van der Waals surface area contributed by atoms with Crippen LogP contribution in [0.2, 0.25) is 10.0 Å². The second-order valence-electron chi connectivity index (χ2n) is 4.37. The molecule has 0 bridgehead atoms. The van der Waals surface area contributed by atoms with Gasteiger partial charge < -0.3 is 10.6 Å². The average molecular weight is 449 g/mol. The van der Waals surface area contributed by atoms with E-state index in [0.717, 1.165) is 3.57 Å². The van der Waals surface area contributed by atoms with Crippen LogP contribution in [0.4, 0.5) is 5.69 Å². The molecule has 0 atom stereocenters. The van der Waals surface area contributed by atoms with Crippen LogP contribution in [0.1, 0.15) is 10.4 Å². The minimum atomic E-state index is -0.392. The van der Waals surface area contributed by atoms with Crippen molar-refractivity contribution in [3.05, 3.63) is 61.6 Å². The molecule has 0 unspecified atom stereocenters. The molecular weight excluding hydrogens is 438 g/mol. The van der Waals surface area contributed by atoms with E-state index in [1.807, 2.05) is 12.1 Å². The lowest BCUT2D eigenvalue weighted by atomic mass is 10.2. The van der Waals surface area contributed by atoms with Crippen LogP contribution >= 0.6 is 45.8 Å². The average Bonchev–Trinajstić information content (AvgIpc) is 2.50. The summed E-state index contributed by atoms with van der Waals surface area (Å²) in [6.45, 7) is -0.134. The third-order valence-electron chi connectivity index (χ3n) is 2.72. The Hall–Kier alpha value is -1.31. The summed E-state index contributed by atoms with van der Waals surface area (Å²) in [5, 5.41) is 5.87. The van der Waals surface area contributed by atoms with E-state index in [1.54, 1.807) is 18.2 Å². The maximum Gasteiger partial charge on any atom is 0.251 e. The van der Waals surface area contributed by atoms with Gasteiger partial charge in [0.05, 0.1) is 16.6 Å². The summed E-state index contributed by atoms with van der Waals surface area (Å²) in [7, 11) is 0. The fraction of sp³-hybridized carbons (Fsp3) is 0.0667. The number of halogens is 3. The number of benzene rings is 2.